The maximum Gasteiger partial charge on any atom is 0.209 e. The van der Waals surface area contributed by atoms with Crippen LogP contribution in [-0.2, 0) is 0 Å². The molecule has 0 atom stereocenters. The first kappa shape index (κ1) is 10.0. The fourth-order valence-corrected chi connectivity index (χ4v) is 1.85. The minimum atomic E-state index is 0.200. The van der Waals surface area contributed by atoms with Crippen molar-refractivity contribution < 1.29 is 0 Å². The number of hydrogen-bond donors (Lipinski definition) is 2. The molecule has 0 radical (unpaired) electrons. The third-order valence-electron chi connectivity index (χ3n) is 1.69. The normalized spacial score (nSPS) is 9.87. The number of nitrogens with one attached hydrogen (secondary N) is 1. The smallest absolute Gasteiger partial charge is 0.209 e. The summed E-state index contributed by atoms with van der Waals surface area (Å²) in [4.78, 5) is 4.25. The number of benzene rings is 1. The van der Waals surface area contributed by atoms with Crippen molar-refractivity contribution in [3.63, 3.8) is 0 Å². The number of thiocarbonyl (C=S) groups is 1. The van der Waals surface area contributed by atoms with Crippen LogP contribution in [-0.4, -0.2) is 14.5 Å². The first-order valence-electron chi connectivity index (χ1n) is 4.21. The Labute approximate surface area is 96.3 Å². The summed E-state index contributed by atoms with van der Waals surface area (Å²) in [5.74, 6) is 0.680. The van der Waals surface area contributed by atoms with Crippen molar-refractivity contribution in [1.82, 2.24) is 9.36 Å². The average molecular weight is 236 g/mol. The van der Waals surface area contributed by atoms with Crippen LogP contribution in [0.25, 0.3) is 11.4 Å². The van der Waals surface area contributed by atoms with Gasteiger partial charge in [0.05, 0.1) is 0 Å². The van der Waals surface area contributed by atoms with E-state index in [1.807, 2.05) is 30.3 Å². The van der Waals surface area contributed by atoms with Crippen molar-refractivity contribution in [2.75, 3.05) is 5.32 Å². The van der Waals surface area contributed by atoms with Gasteiger partial charge in [0.2, 0.25) is 5.13 Å². The zero-order valence-corrected chi connectivity index (χ0v) is 9.31. The maximum atomic E-state index is 5.33. The Hall–Kier alpha value is -1.53. The lowest BCUT2D eigenvalue weighted by molar-refractivity contribution is 1.32. The summed E-state index contributed by atoms with van der Waals surface area (Å²) in [5, 5.41) is 3.56. The summed E-state index contributed by atoms with van der Waals surface area (Å²) in [6.45, 7) is 0. The number of hydrogen-bond acceptors (Lipinski definition) is 4. The highest BCUT2D eigenvalue weighted by molar-refractivity contribution is 7.80. The van der Waals surface area contributed by atoms with E-state index in [9.17, 15) is 0 Å². The summed E-state index contributed by atoms with van der Waals surface area (Å²) in [6.07, 6.45) is 0. The minimum absolute atomic E-state index is 0.200. The topological polar surface area (TPSA) is 63.8 Å². The molecule has 0 unspecified atom stereocenters. The molecule has 0 aliphatic heterocycles. The summed E-state index contributed by atoms with van der Waals surface area (Å²) < 4.78 is 4.19. The van der Waals surface area contributed by atoms with Crippen LogP contribution >= 0.6 is 23.8 Å². The Morgan fingerprint density at radius 2 is 2.07 bits per heavy atom. The Morgan fingerprint density at radius 3 is 2.73 bits per heavy atom. The van der Waals surface area contributed by atoms with Crippen molar-refractivity contribution in [2.45, 2.75) is 0 Å². The molecule has 76 valence electrons. The molecule has 3 N–H and O–H groups in total. The molecule has 0 amide bonds. The van der Waals surface area contributed by atoms with Crippen LogP contribution < -0.4 is 11.1 Å². The van der Waals surface area contributed by atoms with Gasteiger partial charge in [-0.1, -0.05) is 30.3 Å². The van der Waals surface area contributed by atoms with Crippen LogP contribution in [0.5, 0.6) is 0 Å². The van der Waals surface area contributed by atoms with E-state index in [2.05, 4.69) is 14.7 Å². The zero-order valence-electron chi connectivity index (χ0n) is 7.68. The quantitative estimate of drug-likeness (QED) is 0.779. The highest BCUT2D eigenvalue weighted by Gasteiger charge is 2.05. The Kier molecular flexibility index (Phi) is 2.89. The number of aromatic nitrogens is 2. The van der Waals surface area contributed by atoms with Crippen molar-refractivity contribution in [1.29, 1.82) is 0 Å². The van der Waals surface area contributed by atoms with Crippen molar-refractivity contribution in [2.24, 2.45) is 5.73 Å². The molecule has 15 heavy (non-hydrogen) atoms. The van der Waals surface area contributed by atoms with Crippen LogP contribution in [0.1, 0.15) is 0 Å². The second-order valence-corrected chi connectivity index (χ2v) is 3.97. The molecule has 4 nitrogen and oxygen atoms in total. The van der Waals surface area contributed by atoms with Crippen LogP contribution in [0.4, 0.5) is 5.13 Å². The Bertz CT molecular complexity index is 466. The highest BCUT2D eigenvalue weighted by Crippen LogP contribution is 2.20. The monoisotopic (exact) mass is 236 g/mol. The van der Waals surface area contributed by atoms with Gasteiger partial charge in [-0.2, -0.15) is 9.36 Å². The van der Waals surface area contributed by atoms with E-state index >= 15 is 0 Å². The molecule has 0 aliphatic rings. The Morgan fingerprint density at radius 1 is 1.33 bits per heavy atom. The van der Waals surface area contributed by atoms with Gasteiger partial charge in [0, 0.05) is 17.1 Å². The van der Waals surface area contributed by atoms with Crippen LogP contribution in [0.2, 0.25) is 0 Å². The van der Waals surface area contributed by atoms with Crippen molar-refractivity contribution >= 4 is 34.0 Å². The molecule has 2 rings (SSSR count). The molecule has 1 aromatic carbocycles. The van der Waals surface area contributed by atoms with Gasteiger partial charge in [0.25, 0.3) is 0 Å². The number of rotatable bonds is 2. The first-order chi connectivity index (χ1) is 7.25. The summed E-state index contributed by atoms with van der Waals surface area (Å²) >= 11 is 5.94. The second kappa shape index (κ2) is 4.33. The van der Waals surface area contributed by atoms with Crippen molar-refractivity contribution in [3.8, 4) is 11.4 Å². The van der Waals surface area contributed by atoms with Gasteiger partial charge >= 0.3 is 0 Å². The lowest BCUT2D eigenvalue weighted by atomic mass is 10.2. The second-order valence-electron chi connectivity index (χ2n) is 2.78. The first-order valence-corrected chi connectivity index (χ1v) is 5.39. The number of nitrogens with two attached hydrogens (primary N) is 1. The predicted molar refractivity (Wildman–Crippen MR) is 65.8 cm³/mol. The van der Waals surface area contributed by atoms with E-state index in [1.165, 1.54) is 11.5 Å². The molecule has 6 heteroatoms. The average Bonchev–Trinajstić information content (AvgIpc) is 2.67. The van der Waals surface area contributed by atoms with Gasteiger partial charge in [-0.15, -0.1) is 0 Å². The van der Waals surface area contributed by atoms with E-state index < -0.39 is 0 Å². The minimum Gasteiger partial charge on any atom is -0.376 e. The highest BCUT2D eigenvalue weighted by atomic mass is 32.1. The molecule has 0 saturated heterocycles. The molecule has 0 saturated carbocycles. The van der Waals surface area contributed by atoms with Gasteiger partial charge in [0.15, 0.2) is 10.9 Å². The molecule has 0 spiro atoms. The fraction of sp³-hybridized carbons (Fsp3) is 0. The van der Waals surface area contributed by atoms with E-state index in [-0.39, 0.29) is 5.11 Å². The summed E-state index contributed by atoms with van der Waals surface area (Å²) in [7, 11) is 0. The molecule has 1 heterocycles. The molecule has 0 fully saturated rings. The molecule has 0 aliphatic carbocycles. The third-order valence-corrected chi connectivity index (χ3v) is 2.42. The Balaban J connectivity index is 2.24. The van der Waals surface area contributed by atoms with Crippen LogP contribution in [0.3, 0.4) is 0 Å². The molecule has 2 aromatic rings. The van der Waals surface area contributed by atoms with E-state index in [0.717, 1.165) is 5.56 Å². The zero-order chi connectivity index (χ0) is 10.7. The lowest BCUT2D eigenvalue weighted by Gasteiger charge is -1.95. The standard InChI is InChI=1S/C9H8N4S2/c10-8(14)12-9-11-7(13-15-9)6-4-2-1-3-5-6/h1-5H,(H3,10,11,12,13,14). The van der Waals surface area contributed by atoms with Crippen LogP contribution in [0, 0.1) is 0 Å². The van der Waals surface area contributed by atoms with Gasteiger partial charge in [-0.05, 0) is 12.2 Å². The van der Waals surface area contributed by atoms with E-state index in [4.69, 9.17) is 18.0 Å². The molecular weight excluding hydrogens is 228 g/mol. The molecular formula is C9H8N4S2. The largest absolute Gasteiger partial charge is 0.376 e. The van der Waals surface area contributed by atoms with Gasteiger partial charge in [0.1, 0.15) is 0 Å². The summed E-state index contributed by atoms with van der Waals surface area (Å²) in [5.41, 5.74) is 6.31. The number of anilines is 1. The third kappa shape index (κ3) is 2.48. The van der Waals surface area contributed by atoms with E-state index in [0.29, 0.717) is 11.0 Å². The number of nitrogens with zero attached hydrogens (tertiary/aromatic N) is 2. The SMILES string of the molecule is NC(=S)Nc1nc(-c2ccccc2)ns1. The van der Waals surface area contributed by atoms with Gasteiger partial charge in [-0.3, -0.25) is 0 Å². The van der Waals surface area contributed by atoms with E-state index in [1.54, 1.807) is 0 Å². The van der Waals surface area contributed by atoms with Crippen LogP contribution in [0.15, 0.2) is 30.3 Å². The predicted octanol–water partition coefficient (Wildman–Crippen LogP) is 1.86. The lowest BCUT2D eigenvalue weighted by Crippen LogP contribution is -2.18. The maximum absolute atomic E-state index is 5.33. The van der Waals surface area contributed by atoms with Gasteiger partial charge < -0.3 is 11.1 Å². The molecule has 0 bridgehead atoms. The fourth-order valence-electron chi connectivity index (χ4n) is 1.08. The summed E-state index contributed by atoms with van der Waals surface area (Å²) in [6, 6.07) is 9.73. The van der Waals surface area contributed by atoms with Gasteiger partial charge in [-0.25, -0.2) is 0 Å². The van der Waals surface area contributed by atoms with Crippen molar-refractivity contribution in [3.05, 3.63) is 30.3 Å². The molecule has 1 aromatic heterocycles.